The number of amides is 1. The van der Waals surface area contributed by atoms with Crippen LogP contribution in [0.1, 0.15) is 77.7 Å². The number of fused-ring (bicyclic) bond motifs is 2. The van der Waals surface area contributed by atoms with Crippen LogP contribution < -0.4 is 4.74 Å². The van der Waals surface area contributed by atoms with Gasteiger partial charge in [0.05, 0.1) is 18.4 Å². The first-order valence-electron chi connectivity index (χ1n) is 11.6. The van der Waals surface area contributed by atoms with Crippen LogP contribution in [-0.2, 0) is 9.47 Å². The van der Waals surface area contributed by atoms with E-state index in [0.29, 0.717) is 0 Å². The molecule has 3 aliphatic rings. The average molecular weight is 446 g/mol. The minimum Gasteiger partial charge on any atom is -0.473 e. The van der Waals surface area contributed by atoms with Gasteiger partial charge >= 0.3 is 6.09 Å². The lowest BCUT2D eigenvalue weighted by Crippen LogP contribution is -2.50. The van der Waals surface area contributed by atoms with Crippen LogP contribution >= 0.6 is 0 Å². The summed E-state index contributed by atoms with van der Waals surface area (Å²) < 4.78 is 31.2. The highest BCUT2D eigenvalue weighted by Gasteiger charge is 2.45. The molecule has 174 valence electrons. The highest BCUT2D eigenvalue weighted by molar-refractivity contribution is 5.69. The van der Waals surface area contributed by atoms with Gasteiger partial charge in [-0.15, -0.1) is 0 Å². The Balaban J connectivity index is 1.25. The van der Waals surface area contributed by atoms with Crippen LogP contribution in [0.15, 0.2) is 12.3 Å². The molecule has 3 fully saturated rings. The Bertz CT molecular complexity index is 859. The number of halogens is 1. The van der Waals surface area contributed by atoms with Crippen molar-refractivity contribution in [1.82, 2.24) is 9.88 Å². The van der Waals surface area contributed by atoms with Crippen molar-refractivity contribution in [2.45, 2.75) is 108 Å². The molecule has 8 heteroatoms. The van der Waals surface area contributed by atoms with Gasteiger partial charge in [-0.3, -0.25) is 0 Å². The van der Waals surface area contributed by atoms with Crippen LogP contribution in [-0.4, -0.2) is 52.0 Å². The molecular formula is C24H32FN3O4. The van der Waals surface area contributed by atoms with Crippen molar-refractivity contribution in [3.8, 4) is 11.9 Å². The molecule has 4 rings (SSSR count). The van der Waals surface area contributed by atoms with E-state index in [-0.39, 0.29) is 47.9 Å². The Labute approximate surface area is 188 Å². The summed E-state index contributed by atoms with van der Waals surface area (Å²) in [6.07, 6.45) is 8.24. The van der Waals surface area contributed by atoms with E-state index in [1.807, 2.05) is 31.7 Å². The Kier molecular flexibility index (Phi) is 6.57. The third-order valence-corrected chi connectivity index (χ3v) is 6.52. The highest BCUT2D eigenvalue weighted by atomic mass is 19.1. The molecule has 1 aromatic rings. The van der Waals surface area contributed by atoms with Crippen molar-refractivity contribution >= 4 is 6.09 Å². The number of hydrogen-bond donors (Lipinski definition) is 0. The smallest absolute Gasteiger partial charge is 0.410 e. The second-order valence-corrected chi connectivity index (χ2v) is 10.1. The maximum Gasteiger partial charge on any atom is 0.410 e. The quantitative estimate of drug-likeness (QED) is 0.666. The molecule has 2 saturated heterocycles. The standard InChI is InChI=1S/C24H32FN3O4/c1-24(2,3)32-23(29)28-17-4-5-18(28)12-21(11-17)30-19-6-8-20(9-7-19)31-22-15(13-26)10-16(25)14-27-22/h10,14,17-21H,4-9,11-12H2,1-3H3. The molecule has 1 aromatic heterocycles. The number of ether oxygens (including phenoxy) is 3. The Morgan fingerprint density at radius 2 is 1.72 bits per heavy atom. The zero-order valence-corrected chi connectivity index (χ0v) is 19.1. The monoisotopic (exact) mass is 445 g/mol. The largest absolute Gasteiger partial charge is 0.473 e. The van der Waals surface area contributed by atoms with Gasteiger partial charge in [0.1, 0.15) is 29.2 Å². The summed E-state index contributed by atoms with van der Waals surface area (Å²) in [5, 5.41) is 9.16. The molecule has 2 unspecified atom stereocenters. The summed E-state index contributed by atoms with van der Waals surface area (Å²) in [6.45, 7) is 5.70. The predicted octanol–water partition coefficient (Wildman–Crippen LogP) is 4.73. The summed E-state index contributed by atoms with van der Waals surface area (Å²) >= 11 is 0. The lowest BCUT2D eigenvalue weighted by atomic mass is 9.93. The summed E-state index contributed by atoms with van der Waals surface area (Å²) in [5.41, 5.74) is -0.363. The molecule has 32 heavy (non-hydrogen) atoms. The molecule has 0 aromatic carbocycles. The number of aromatic nitrogens is 1. The highest BCUT2D eigenvalue weighted by Crippen LogP contribution is 2.39. The van der Waals surface area contributed by atoms with Gasteiger partial charge in [0, 0.05) is 12.1 Å². The van der Waals surface area contributed by atoms with E-state index < -0.39 is 11.4 Å². The molecule has 1 amide bonds. The van der Waals surface area contributed by atoms with Gasteiger partial charge in [0.15, 0.2) is 0 Å². The lowest BCUT2D eigenvalue weighted by Gasteiger charge is -2.41. The second kappa shape index (κ2) is 9.22. The molecule has 2 bridgehead atoms. The van der Waals surface area contributed by atoms with Crippen LogP contribution in [0.4, 0.5) is 9.18 Å². The van der Waals surface area contributed by atoms with E-state index in [2.05, 4.69) is 4.98 Å². The maximum atomic E-state index is 13.3. The molecule has 1 saturated carbocycles. The number of carbonyl (C=O) groups is 1. The van der Waals surface area contributed by atoms with E-state index in [0.717, 1.165) is 63.6 Å². The van der Waals surface area contributed by atoms with E-state index in [1.54, 1.807) is 0 Å². The van der Waals surface area contributed by atoms with Crippen LogP contribution in [0.2, 0.25) is 0 Å². The number of carbonyl (C=O) groups excluding carboxylic acids is 1. The Morgan fingerprint density at radius 3 is 2.31 bits per heavy atom. The van der Waals surface area contributed by atoms with E-state index in [9.17, 15) is 9.18 Å². The number of nitriles is 1. The number of nitrogens with zero attached hydrogens (tertiary/aromatic N) is 3. The van der Waals surface area contributed by atoms with Gasteiger partial charge in [-0.05, 0) is 78.2 Å². The molecule has 2 atom stereocenters. The van der Waals surface area contributed by atoms with Crippen molar-refractivity contribution in [3.05, 3.63) is 23.6 Å². The minimum atomic E-state index is -0.544. The van der Waals surface area contributed by atoms with Crippen LogP contribution in [0.25, 0.3) is 0 Å². The Morgan fingerprint density at radius 1 is 1.09 bits per heavy atom. The molecule has 0 spiro atoms. The summed E-state index contributed by atoms with van der Waals surface area (Å²) in [4.78, 5) is 18.5. The second-order valence-electron chi connectivity index (χ2n) is 10.1. The van der Waals surface area contributed by atoms with Crippen LogP contribution in [0.3, 0.4) is 0 Å². The zero-order valence-electron chi connectivity index (χ0n) is 19.1. The fourth-order valence-corrected chi connectivity index (χ4v) is 5.17. The average Bonchev–Trinajstić information content (AvgIpc) is 3.00. The van der Waals surface area contributed by atoms with Gasteiger partial charge in [0.2, 0.25) is 5.88 Å². The van der Waals surface area contributed by atoms with Crippen molar-refractivity contribution in [3.63, 3.8) is 0 Å². The Hall–Kier alpha value is -2.40. The number of pyridine rings is 1. The van der Waals surface area contributed by atoms with Gasteiger partial charge < -0.3 is 19.1 Å². The zero-order chi connectivity index (χ0) is 22.9. The van der Waals surface area contributed by atoms with Gasteiger partial charge in [0.25, 0.3) is 0 Å². The van der Waals surface area contributed by atoms with E-state index in [1.165, 1.54) is 0 Å². The third kappa shape index (κ3) is 5.32. The van der Waals surface area contributed by atoms with Crippen molar-refractivity contribution in [2.24, 2.45) is 0 Å². The normalized spacial score (nSPS) is 30.0. The molecule has 2 aliphatic heterocycles. The van der Waals surface area contributed by atoms with Crippen LogP contribution in [0.5, 0.6) is 5.88 Å². The predicted molar refractivity (Wildman–Crippen MR) is 115 cm³/mol. The fourth-order valence-electron chi connectivity index (χ4n) is 5.17. The number of rotatable bonds is 4. The molecule has 7 nitrogen and oxygen atoms in total. The third-order valence-electron chi connectivity index (χ3n) is 6.52. The lowest BCUT2D eigenvalue weighted by molar-refractivity contribution is -0.0814. The molecule has 0 N–H and O–H groups in total. The van der Waals surface area contributed by atoms with Crippen molar-refractivity contribution in [1.29, 1.82) is 5.26 Å². The first kappa shape index (κ1) is 22.8. The van der Waals surface area contributed by atoms with Gasteiger partial charge in [-0.1, -0.05) is 0 Å². The molecule has 1 aliphatic carbocycles. The maximum absolute atomic E-state index is 13.3. The van der Waals surface area contributed by atoms with Gasteiger partial charge in [-0.25, -0.2) is 14.2 Å². The molecule has 3 heterocycles. The van der Waals surface area contributed by atoms with Gasteiger partial charge in [-0.2, -0.15) is 5.26 Å². The first-order chi connectivity index (χ1) is 15.2. The number of hydrogen-bond acceptors (Lipinski definition) is 6. The summed E-state index contributed by atoms with van der Waals surface area (Å²) in [6, 6.07) is 3.48. The van der Waals surface area contributed by atoms with Crippen LogP contribution in [0, 0.1) is 17.1 Å². The first-order valence-corrected chi connectivity index (χ1v) is 11.6. The minimum absolute atomic E-state index is 0.0508. The van der Waals surface area contributed by atoms with Crippen molar-refractivity contribution in [2.75, 3.05) is 0 Å². The summed E-state index contributed by atoms with van der Waals surface area (Å²) in [7, 11) is 0. The number of piperidine rings is 1. The van der Waals surface area contributed by atoms with E-state index in [4.69, 9.17) is 19.5 Å². The topological polar surface area (TPSA) is 84.7 Å². The van der Waals surface area contributed by atoms with E-state index >= 15 is 0 Å². The van der Waals surface area contributed by atoms with Crippen molar-refractivity contribution < 1.29 is 23.4 Å². The molecule has 0 radical (unpaired) electrons. The molecular weight excluding hydrogens is 413 g/mol. The fraction of sp³-hybridized carbons (Fsp3) is 0.708. The summed E-state index contributed by atoms with van der Waals surface area (Å²) in [5.74, 6) is -0.345. The SMILES string of the molecule is CC(C)(C)OC(=O)N1C2CCC1CC(OC1CCC(Oc3ncc(F)cc3C#N)CC1)C2.